The second-order valence-corrected chi connectivity index (χ2v) is 5.06. The van der Waals surface area contributed by atoms with Crippen LogP contribution in [-0.4, -0.2) is 50.6 Å². The SMILES string of the molecule is COCCCNC(=O)CN(C)C(=O)C=Cc1ccsc1. The molecule has 0 saturated carbocycles. The summed E-state index contributed by atoms with van der Waals surface area (Å²) in [6, 6.07) is 1.93. The highest BCUT2D eigenvalue weighted by molar-refractivity contribution is 7.08. The van der Waals surface area contributed by atoms with E-state index < -0.39 is 0 Å². The van der Waals surface area contributed by atoms with Gasteiger partial charge in [0.2, 0.25) is 11.8 Å². The van der Waals surface area contributed by atoms with Gasteiger partial charge in [0, 0.05) is 33.4 Å². The first-order valence-corrected chi connectivity index (χ1v) is 7.28. The van der Waals surface area contributed by atoms with E-state index in [0.717, 1.165) is 12.0 Å². The minimum atomic E-state index is -0.191. The van der Waals surface area contributed by atoms with Crippen LogP contribution in [0, 0.1) is 0 Å². The van der Waals surface area contributed by atoms with Crippen molar-refractivity contribution in [1.82, 2.24) is 10.2 Å². The summed E-state index contributed by atoms with van der Waals surface area (Å²) in [6.07, 6.45) is 3.98. The van der Waals surface area contributed by atoms with Crippen molar-refractivity contribution in [3.05, 3.63) is 28.5 Å². The lowest BCUT2D eigenvalue weighted by molar-refractivity contribution is -0.131. The maximum absolute atomic E-state index is 11.8. The highest BCUT2D eigenvalue weighted by Gasteiger charge is 2.09. The number of thiophene rings is 1. The van der Waals surface area contributed by atoms with Crippen LogP contribution >= 0.6 is 11.3 Å². The first-order chi connectivity index (χ1) is 9.63. The molecule has 1 aromatic heterocycles. The molecule has 1 heterocycles. The Hall–Kier alpha value is -1.66. The van der Waals surface area contributed by atoms with Gasteiger partial charge >= 0.3 is 0 Å². The summed E-state index contributed by atoms with van der Waals surface area (Å²) in [6.45, 7) is 1.22. The molecule has 0 atom stereocenters. The zero-order valence-corrected chi connectivity index (χ0v) is 12.6. The monoisotopic (exact) mass is 296 g/mol. The molecule has 0 bridgehead atoms. The number of hydrogen-bond acceptors (Lipinski definition) is 4. The van der Waals surface area contributed by atoms with Crippen molar-refractivity contribution in [3.8, 4) is 0 Å². The molecule has 6 heteroatoms. The lowest BCUT2D eigenvalue weighted by atomic mass is 10.3. The average Bonchev–Trinajstić information content (AvgIpc) is 2.94. The molecule has 110 valence electrons. The molecule has 0 aliphatic carbocycles. The second kappa shape index (κ2) is 9.28. The summed E-state index contributed by atoms with van der Waals surface area (Å²) in [5.74, 6) is -0.357. The van der Waals surface area contributed by atoms with E-state index in [1.807, 2.05) is 16.8 Å². The quantitative estimate of drug-likeness (QED) is 0.582. The molecular formula is C14H20N2O3S. The molecule has 0 unspecified atom stereocenters. The van der Waals surface area contributed by atoms with Gasteiger partial charge in [-0.15, -0.1) is 0 Å². The lowest BCUT2D eigenvalue weighted by Gasteiger charge is -2.14. The first-order valence-electron chi connectivity index (χ1n) is 6.34. The Bertz CT molecular complexity index is 443. The summed E-state index contributed by atoms with van der Waals surface area (Å²) in [7, 11) is 3.23. The fourth-order valence-electron chi connectivity index (χ4n) is 1.46. The number of amides is 2. The number of methoxy groups -OCH3 is 1. The van der Waals surface area contributed by atoms with Gasteiger partial charge in [0.25, 0.3) is 0 Å². The summed E-state index contributed by atoms with van der Waals surface area (Å²) in [4.78, 5) is 24.8. The summed E-state index contributed by atoms with van der Waals surface area (Å²) in [5, 5.41) is 6.63. The zero-order chi connectivity index (χ0) is 14.8. The van der Waals surface area contributed by atoms with E-state index in [9.17, 15) is 9.59 Å². The zero-order valence-electron chi connectivity index (χ0n) is 11.8. The lowest BCUT2D eigenvalue weighted by Crippen LogP contribution is -2.38. The molecule has 0 aliphatic rings. The van der Waals surface area contributed by atoms with Crippen LogP contribution in [0.15, 0.2) is 22.9 Å². The van der Waals surface area contributed by atoms with Crippen molar-refractivity contribution < 1.29 is 14.3 Å². The predicted molar refractivity (Wildman–Crippen MR) is 80.5 cm³/mol. The molecular weight excluding hydrogens is 276 g/mol. The minimum Gasteiger partial charge on any atom is -0.385 e. The van der Waals surface area contributed by atoms with E-state index in [-0.39, 0.29) is 18.4 Å². The van der Waals surface area contributed by atoms with Crippen molar-refractivity contribution in [2.75, 3.05) is 33.9 Å². The van der Waals surface area contributed by atoms with Crippen LogP contribution in [0.25, 0.3) is 6.08 Å². The summed E-state index contributed by atoms with van der Waals surface area (Å²) >= 11 is 1.57. The number of rotatable bonds is 8. The number of nitrogens with one attached hydrogen (secondary N) is 1. The molecule has 0 aromatic carbocycles. The van der Waals surface area contributed by atoms with Gasteiger partial charge in [-0.2, -0.15) is 11.3 Å². The maximum atomic E-state index is 11.8. The van der Waals surface area contributed by atoms with Gasteiger partial charge in [0.05, 0.1) is 6.54 Å². The molecule has 0 radical (unpaired) electrons. The average molecular weight is 296 g/mol. The Kier molecular flexibility index (Phi) is 7.60. The third kappa shape index (κ3) is 6.49. The number of likely N-dealkylation sites (N-methyl/N-ethyl adjacent to an activating group) is 1. The number of ether oxygens (including phenoxy) is 1. The van der Waals surface area contributed by atoms with Crippen LogP contribution in [0.3, 0.4) is 0 Å². The van der Waals surface area contributed by atoms with Crippen LogP contribution < -0.4 is 5.32 Å². The van der Waals surface area contributed by atoms with E-state index in [2.05, 4.69) is 5.32 Å². The third-order valence-corrected chi connectivity index (χ3v) is 3.27. The Morgan fingerprint density at radius 3 is 2.95 bits per heavy atom. The van der Waals surface area contributed by atoms with E-state index >= 15 is 0 Å². The Labute approximate surface area is 123 Å². The number of hydrogen-bond donors (Lipinski definition) is 1. The highest BCUT2D eigenvalue weighted by atomic mass is 32.1. The molecule has 0 spiro atoms. The standard InChI is InChI=1S/C14H20N2O3S/c1-16(10-13(17)15-7-3-8-19-2)14(18)5-4-12-6-9-20-11-12/h4-6,9,11H,3,7-8,10H2,1-2H3,(H,15,17). The van der Waals surface area contributed by atoms with E-state index in [0.29, 0.717) is 13.2 Å². The smallest absolute Gasteiger partial charge is 0.246 e. The normalized spacial score (nSPS) is 10.7. The van der Waals surface area contributed by atoms with Crippen LogP contribution in [-0.2, 0) is 14.3 Å². The Balaban J connectivity index is 2.28. The second-order valence-electron chi connectivity index (χ2n) is 4.28. The summed E-state index contributed by atoms with van der Waals surface area (Å²) < 4.78 is 4.89. The largest absolute Gasteiger partial charge is 0.385 e. The summed E-state index contributed by atoms with van der Waals surface area (Å²) in [5.41, 5.74) is 0.987. The molecule has 2 amide bonds. The van der Waals surface area contributed by atoms with Crippen molar-refractivity contribution >= 4 is 29.2 Å². The predicted octanol–water partition coefficient (Wildman–Crippen LogP) is 1.37. The molecule has 0 aliphatic heterocycles. The van der Waals surface area contributed by atoms with Crippen molar-refractivity contribution in [1.29, 1.82) is 0 Å². The third-order valence-electron chi connectivity index (χ3n) is 2.57. The van der Waals surface area contributed by atoms with Crippen LogP contribution in [0.2, 0.25) is 0 Å². The van der Waals surface area contributed by atoms with Gasteiger partial charge in [-0.05, 0) is 34.9 Å². The maximum Gasteiger partial charge on any atom is 0.246 e. The molecule has 1 rings (SSSR count). The van der Waals surface area contributed by atoms with E-state index in [4.69, 9.17) is 4.74 Å². The molecule has 20 heavy (non-hydrogen) atoms. The number of nitrogens with zero attached hydrogens (tertiary/aromatic N) is 1. The Morgan fingerprint density at radius 2 is 2.30 bits per heavy atom. The molecule has 1 aromatic rings. The van der Waals surface area contributed by atoms with Gasteiger partial charge in [-0.3, -0.25) is 9.59 Å². The van der Waals surface area contributed by atoms with Crippen LogP contribution in [0.5, 0.6) is 0 Å². The van der Waals surface area contributed by atoms with Crippen molar-refractivity contribution in [2.24, 2.45) is 0 Å². The van der Waals surface area contributed by atoms with E-state index in [1.165, 1.54) is 11.0 Å². The molecule has 0 saturated heterocycles. The van der Waals surface area contributed by atoms with Crippen LogP contribution in [0.1, 0.15) is 12.0 Å². The highest BCUT2D eigenvalue weighted by Crippen LogP contribution is 2.07. The van der Waals surface area contributed by atoms with Gasteiger partial charge in [0.1, 0.15) is 0 Å². The van der Waals surface area contributed by atoms with Gasteiger partial charge in [0.15, 0.2) is 0 Å². The van der Waals surface area contributed by atoms with Gasteiger partial charge in [-0.25, -0.2) is 0 Å². The minimum absolute atomic E-state index is 0.0553. The molecule has 0 fully saturated rings. The van der Waals surface area contributed by atoms with Gasteiger partial charge in [-0.1, -0.05) is 0 Å². The molecule has 1 N–H and O–H groups in total. The fourth-order valence-corrected chi connectivity index (χ4v) is 2.09. The van der Waals surface area contributed by atoms with Crippen molar-refractivity contribution in [3.63, 3.8) is 0 Å². The first kappa shape index (κ1) is 16.4. The van der Waals surface area contributed by atoms with E-state index in [1.54, 1.807) is 31.6 Å². The Morgan fingerprint density at radius 1 is 1.50 bits per heavy atom. The topological polar surface area (TPSA) is 58.6 Å². The fraction of sp³-hybridized carbons (Fsp3) is 0.429. The van der Waals surface area contributed by atoms with Crippen molar-refractivity contribution in [2.45, 2.75) is 6.42 Å². The molecule has 5 nitrogen and oxygen atoms in total. The van der Waals surface area contributed by atoms with Crippen LogP contribution in [0.4, 0.5) is 0 Å². The van der Waals surface area contributed by atoms with Gasteiger partial charge < -0.3 is 15.0 Å². The number of carbonyl (C=O) groups excluding carboxylic acids is 2. The number of carbonyl (C=O) groups is 2.